The maximum Gasteiger partial charge on any atom is 0.159 e. The second-order valence-corrected chi connectivity index (χ2v) is 7.60. The first-order valence-electron chi connectivity index (χ1n) is 10.3. The van der Waals surface area contributed by atoms with Crippen molar-refractivity contribution in [3.8, 4) is 39.7 Å². The lowest BCUT2D eigenvalue weighted by Gasteiger charge is -2.05. The largest absolute Gasteiger partial charge is 0.497 e. The number of pyridine rings is 2. The molecular formula is C25H17FN6O. The van der Waals surface area contributed by atoms with Crippen LogP contribution in [0.5, 0.6) is 5.75 Å². The number of methoxy groups -OCH3 is 1. The Morgan fingerprint density at radius 3 is 2.67 bits per heavy atom. The summed E-state index contributed by atoms with van der Waals surface area (Å²) < 4.78 is 19.3. The summed E-state index contributed by atoms with van der Waals surface area (Å²) in [7, 11) is 1.50. The van der Waals surface area contributed by atoms with Crippen molar-refractivity contribution in [3.05, 3.63) is 79.0 Å². The SMILES string of the molecule is COc1cc(F)cc(-c2nccc3[nH]c(-c4n[nH]c5ccc(-c6cccnc6)cc45)nc23)c1. The van der Waals surface area contributed by atoms with E-state index in [1.54, 1.807) is 18.5 Å². The molecule has 0 atom stereocenters. The molecule has 160 valence electrons. The predicted molar refractivity (Wildman–Crippen MR) is 124 cm³/mol. The van der Waals surface area contributed by atoms with Crippen LogP contribution in [0.2, 0.25) is 0 Å². The average molecular weight is 436 g/mol. The van der Waals surface area contributed by atoms with E-state index in [-0.39, 0.29) is 0 Å². The van der Waals surface area contributed by atoms with E-state index in [0.29, 0.717) is 34.0 Å². The van der Waals surface area contributed by atoms with E-state index >= 15 is 0 Å². The minimum absolute atomic E-state index is 0.403. The molecule has 7 nitrogen and oxygen atoms in total. The van der Waals surface area contributed by atoms with Crippen molar-refractivity contribution in [2.45, 2.75) is 0 Å². The van der Waals surface area contributed by atoms with Crippen LogP contribution in [-0.4, -0.2) is 37.2 Å². The summed E-state index contributed by atoms with van der Waals surface area (Å²) in [5.41, 5.74) is 6.18. The third-order valence-corrected chi connectivity index (χ3v) is 5.56. The fourth-order valence-electron chi connectivity index (χ4n) is 3.98. The highest BCUT2D eigenvalue weighted by atomic mass is 19.1. The number of rotatable bonds is 4. The standard InChI is InChI=1S/C25H17FN6O/c1-33-18-10-16(9-17(26)12-18)22-24-21(6-8-28-22)29-25(30-24)23-19-11-14(4-5-20(19)31-32-23)15-3-2-7-27-13-15/h2-13H,1H3,(H,29,30)(H,31,32). The second-order valence-electron chi connectivity index (χ2n) is 7.60. The number of aromatic nitrogens is 6. The van der Waals surface area contributed by atoms with Gasteiger partial charge in [0.05, 0.1) is 23.8 Å². The summed E-state index contributed by atoms with van der Waals surface area (Å²) in [6.07, 6.45) is 5.24. The average Bonchev–Trinajstić information content (AvgIpc) is 3.47. The Kier molecular flexibility index (Phi) is 4.36. The first-order valence-corrected chi connectivity index (χ1v) is 10.3. The summed E-state index contributed by atoms with van der Waals surface area (Å²) in [6.45, 7) is 0. The zero-order chi connectivity index (χ0) is 22.4. The monoisotopic (exact) mass is 436 g/mol. The van der Waals surface area contributed by atoms with Crippen molar-refractivity contribution < 1.29 is 9.13 Å². The molecule has 0 saturated heterocycles. The molecule has 6 aromatic rings. The number of benzene rings is 2. The number of hydrogen-bond acceptors (Lipinski definition) is 5. The highest BCUT2D eigenvalue weighted by Gasteiger charge is 2.17. The van der Waals surface area contributed by atoms with Gasteiger partial charge in [0.25, 0.3) is 0 Å². The first kappa shape index (κ1) is 19.1. The molecule has 0 amide bonds. The molecule has 0 fully saturated rings. The Morgan fingerprint density at radius 2 is 1.82 bits per heavy atom. The Balaban J connectivity index is 1.50. The van der Waals surface area contributed by atoms with Crippen molar-refractivity contribution in [1.82, 2.24) is 30.1 Å². The topological polar surface area (TPSA) is 92.4 Å². The molecule has 0 bridgehead atoms. The van der Waals surface area contributed by atoms with E-state index in [1.807, 2.05) is 36.5 Å². The quantitative estimate of drug-likeness (QED) is 0.387. The molecule has 2 N–H and O–H groups in total. The van der Waals surface area contributed by atoms with Crippen LogP contribution in [0, 0.1) is 5.82 Å². The normalized spacial score (nSPS) is 11.3. The van der Waals surface area contributed by atoms with Crippen LogP contribution >= 0.6 is 0 Å². The van der Waals surface area contributed by atoms with Crippen molar-refractivity contribution in [3.63, 3.8) is 0 Å². The molecular weight excluding hydrogens is 419 g/mol. The van der Waals surface area contributed by atoms with Crippen LogP contribution in [0.1, 0.15) is 0 Å². The molecule has 6 rings (SSSR count). The zero-order valence-electron chi connectivity index (χ0n) is 17.5. The van der Waals surface area contributed by atoms with Gasteiger partial charge in [-0.05, 0) is 42.0 Å². The minimum Gasteiger partial charge on any atom is -0.497 e. The van der Waals surface area contributed by atoms with Crippen LogP contribution in [0.4, 0.5) is 4.39 Å². The number of nitrogens with one attached hydrogen (secondary N) is 2. The van der Waals surface area contributed by atoms with Crippen LogP contribution in [0.25, 0.3) is 55.8 Å². The van der Waals surface area contributed by atoms with Crippen molar-refractivity contribution in [1.29, 1.82) is 0 Å². The van der Waals surface area contributed by atoms with Gasteiger partial charge in [-0.15, -0.1) is 0 Å². The molecule has 4 heterocycles. The number of hydrogen-bond donors (Lipinski definition) is 2. The molecule has 0 spiro atoms. The van der Waals surface area contributed by atoms with Crippen LogP contribution in [0.15, 0.2) is 73.2 Å². The van der Waals surface area contributed by atoms with E-state index in [2.05, 4.69) is 31.2 Å². The molecule has 0 radical (unpaired) electrons. The van der Waals surface area contributed by atoms with E-state index in [4.69, 9.17) is 9.72 Å². The Hall–Kier alpha value is -4.59. The summed E-state index contributed by atoms with van der Waals surface area (Å²) in [4.78, 5) is 16.8. The molecule has 2 aromatic carbocycles. The smallest absolute Gasteiger partial charge is 0.159 e. The summed E-state index contributed by atoms with van der Waals surface area (Å²) in [5.74, 6) is 0.609. The molecule has 0 aliphatic heterocycles. The zero-order valence-corrected chi connectivity index (χ0v) is 17.5. The first-order chi connectivity index (χ1) is 16.2. The fraction of sp³-hybridized carbons (Fsp3) is 0.0400. The number of H-pyrrole nitrogens is 2. The van der Waals surface area contributed by atoms with Gasteiger partial charge < -0.3 is 9.72 Å². The maximum absolute atomic E-state index is 14.1. The van der Waals surface area contributed by atoms with Crippen molar-refractivity contribution in [2.24, 2.45) is 0 Å². The number of halogens is 1. The summed E-state index contributed by atoms with van der Waals surface area (Å²) in [5, 5.41) is 8.50. The van der Waals surface area contributed by atoms with Crippen LogP contribution < -0.4 is 4.74 Å². The number of nitrogens with zero attached hydrogens (tertiary/aromatic N) is 4. The Morgan fingerprint density at radius 1 is 0.879 bits per heavy atom. The third-order valence-electron chi connectivity index (χ3n) is 5.56. The van der Waals surface area contributed by atoms with E-state index < -0.39 is 5.82 Å². The van der Waals surface area contributed by atoms with Gasteiger partial charge >= 0.3 is 0 Å². The number of fused-ring (bicyclic) bond motifs is 2. The Bertz CT molecular complexity index is 1620. The molecule has 33 heavy (non-hydrogen) atoms. The number of imidazole rings is 1. The van der Waals surface area contributed by atoms with Gasteiger partial charge in [-0.3, -0.25) is 15.1 Å². The van der Waals surface area contributed by atoms with Gasteiger partial charge in [0.1, 0.15) is 22.8 Å². The lowest BCUT2D eigenvalue weighted by molar-refractivity contribution is 0.411. The van der Waals surface area contributed by atoms with E-state index in [9.17, 15) is 4.39 Å². The maximum atomic E-state index is 14.1. The predicted octanol–water partition coefficient (Wildman–Crippen LogP) is 5.38. The molecule has 8 heteroatoms. The molecule has 0 unspecified atom stereocenters. The summed E-state index contributed by atoms with van der Waals surface area (Å²) in [6, 6.07) is 16.3. The number of ether oxygens (including phenoxy) is 1. The van der Waals surface area contributed by atoms with Crippen molar-refractivity contribution in [2.75, 3.05) is 7.11 Å². The van der Waals surface area contributed by atoms with Gasteiger partial charge in [0.2, 0.25) is 0 Å². The van der Waals surface area contributed by atoms with Gasteiger partial charge in [-0.25, -0.2) is 9.37 Å². The lowest BCUT2D eigenvalue weighted by atomic mass is 10.0. The van der Waals surface area contributed by atoms with Crippen LogP contribution in [-0.2, 0) is 0 Å². The molecule has 0 saturated carbocycles. The second kappa shape index (κ2) is 7.52. The van der Waals surface area contributed by atoms with E-state index in [1.165, 1.54) is 19.2 Å². The fourth-order valence-corrected chi connectivity index (χ4v) is 3.98. The molecule has 0 aliphatic rings. The molecule has 0 aliphatic carbocycles. The third kappa shape index (κ3) is 3.28. The highest BCUT2D eigenvalue weighted by Crippen LogP contribution is 2.33. The van der Waals surface area contributed by atoms with Crippen molar-refractivity contribution >= 4 is 21.9 Å². The highest BCUT2D eigenvalue weighted by molar-refractivity contribution is 5.97. The van der Waals surface area contributed by atoms with Gasteiger partial charge in [0, 0.05) is 41.2 Å². The number of aromatic amines is 2. The summed E-state index contributed by atoms with van der Waals surface area (Å²) >= 11 is 0. The molecule has 4 aromatic heterocycles. The Labute approximate surface area is 187 Å². The van der Waals surface area contributed by atoms with Gasteiger partial charge in [0.15, 0.2) is 5.82 Å². The van der Waals surface area contributed by atoms with Gasteiger partial charge in [-0.1, -0.05) is 12.1 Å². The van der Waals surface area contributed by atoms with Crippen LogP contribution in [0.3, 0.4) is 0 Å². The lowest BCUT2D eigenvalue weighted by Crippen LogP contribution is -1.90. The minimum atomic E-state index is -0.403. The van der Waals surface area contributed by atoms with E-state index in [0.717, 1.165) is 27.5 Å². The van der Waals surface area contributed by atoms with Gasteiger partial charge in [-0.2, -0.15) is 5.10 Å².